The largest absolute Gasteiger partial charge is 0.504 e. The minimum Gasteiger partial charge on any atom is -0.504 e. The van der Waals surface area contributed by atoms with Crippen molar-refractivity contribution in [1.29, 1.82) is 0 Å². The first-order valence-corrected chi connectivity index (χ1v) is 7.72. The summed E-state index contributed by atoms with van der Waals surface area (Å²) in [7, 11) is 1.49. The van der Waals surface area contributed by atoms with E-state index >= 15 is 0 Å². The Labute approximate surface area is 148 Å². The van der Waals surface area contributed by atoms with Crippen molar-refractivity contribution >= 4 is 30.0 Å². The van der Waals surface area contributed by atoms with Gasteiger partial charge < -0.3 is 9.84 Å². The monoisotopic (exact) mass is 360 g/mol. The number of phenols is 1. The van der Waals surface area contributed by atoms with Crippen molar-refractivity contribution in [3.05, 3.63) is 57.8 Å². The quantitative estimate of drug-likeness (QED) is 0.547. The Morgan fingerprint density at radius 2 is 2.12 bits per heavy atom. The van der Waals surface area contributed by atoms with Gasteiger partial charge in [-0.15, -0.1) is 0 Å². The maximum absolute atomic E-state index is 10.1. The molecule has 1 aromatic heterocycles. The Kier molecular flexibility index (Phi) is 4.64. The van der Waals surface area contributed by atoms with Gasteiger partial charge in [-0.2, -0.15) is 14.9 Å². The number of benzene rings is 2. The Morgan fingerprint density at radius 3 is 2.88 bits per heavy atom. The second-order valence-electron chi connectivity index (χ2n) is 4.82. The number of methoxy groups -OCH3 is 1. The third-order valence-electron chi connectivity index (χ3n) is 3.30. The molecule has 6 nitrogen and oxygen atoms in total. The van der Waals surface area contributed by atoms with Gasteiger partial charge in [-0.05, 0) is 36.5 Å². The highest BCUT2D eigenvalue weighted by molar-refractivity contribution is 7.71. The summed E-state index contributed by atoms with van der Waals surface area (Å²) < 4.78 is 6.86. The van der Waals surface area contributed by atoms with Crippen LogP contribution in [0.2, 0.25) is 5.02 Å². The number of halogens is 1. The third-order valence-corrected chi connectivity index (χ3v) is 3.79. The highest BCUT2D eigenvalue weighted by Gasteiger charge is 2.09. The first kappa shape index (κ1) is 16.2. The third kappa shape index (κ3) is 3.17. The summed E-state index contributed by atoms with van der Waals surface area (Å²) in [4.78, 5) is 0. The highest BCUT2D eigenvalue weighted by atomic mass is 35.5. The smallest absolute Gasteiger partial charge is 0.216 e. The minimum atomic E-state index is 0.00284. The van der Waals surface area contributed by atoms with Gasteiger partial charge in [-0.1, -0.05) is 29.8 Å². The molecule has 0 fully saturated rings. The molecular weight excluding hydrogens is 348 g/mol. The van der Waals surface area contributed by atoms with E-state index in [1.54, 1.807) is 30.3 Å². The van der Waals surface area contributed by atoms with Gasteiger partial charge in [0.2, 0.25) is 4.77 Å². The lowest BCUT2D eigenvalue weighted by atomic mass is 10.2. The minimum absolute atomic E-state index is 0.00284. The molecular formula is C16H13ClN4O2S. The van der Waals surface area contributed by atoms with Gasteiger partial charge in [-0.25, -0.2) is 5.10 Å². The molecule has 0 aliphatic rings. The summed E-state index contributed by atoms with van der Waals surface area (Å²) >= 11 is 11.2. The fourth-order valence-corrected chi connectivity index (χ4v) is 2.51. The number of rotatable bonds is 4. The summed E-state index contributed by atoms with van der Waals surface area (Å²) in [6.07, 6.45) is 1.48. The van der Waals surface area contributed by atoms with E-state index in [2.05, 4.69) is 15.3 Å². The van der Waals surface area contributed by atoms with Gasteiger partial charge in [0.15, 0.2) is 17.3 Å². The molecule has 3 rings (SSSR count). The number of para-hydroxylation sites is 1. The molecule has 0 radical (unpaired) electrons. The number of hydrogen-bond acceptors (Lipinski definition) is 5. The van der Waals surface area contributed by atoms with Crippen LogP contribution in [0.4, 0.5) is 0 Å². The van der Waals surface area contributed by atoms with E-state index in [9.17, 15) is 5.11 Å². The average Bonchev–Trinajstić information content (AvgIpc) is 2.95. The van der Waals surface area contributed by atoms with Crippen LogP contribution in [0.25, 0.3) is 11.4 Å². The van der Waals surface area contributed by atoms with Crippen molar-refractivity contribution in [2.75, 3.05) is 7.11 Å². The molecule has 122 valence electrons. The zero-order valence-electron chi connectivity index (χ0n) is 12.6. The highest BCUT2D eigenvalue weighted by Crippen LogP contribution is 2.28. The first-order chi connectivity index (χ1) is 11.6. The van der Waals surface area contributed by atoms with Crippen LogP contribution in [-0.2, 0) is 0 Å². The van der Waals surface area contributed by atoms with E-state index in [1.165, 1.54) is 18.0 Å². The standard InChI is InChI=1S/C16H13ClN4O2S/c1-23-13-7-3-5-11(14(13)22)9-18-21-15(19-20-16(21)24)10-4-2-6-12(17)8-10/h2-9,22H,1H3,(H,20,24)/b18-9-. The van der Waals surface area contributed by atoms with E-state index in [0.717, 1.165) is 5.56 Å². The molecule has 0 aliphatic carbocycles. The SMILES string of the molecule is COc1cccc(/C=N\n2c(-c3cccc(Cl)c3)n[nH]c2=S)c1O. The molecule has 0 spiro atoms. The van der Waals surface area contributed by atoms with Gasteiger partial charge in [0.1, 0.15) is 0 Å². The van der Waals surface area contributed by atoms with Crippen LogP contribution < -0.4 is 4.74 Å². The molecule has 0 bridgehead atoms. The van der Waals surface area contributed by atoms with Crippen molar-refractivity contribution in [3.8, 4) is 22.9 Å². The average molecular weight is 361 g/mol. The van der Waals surface area contributed by atoms with Gasteiger partial charge >= 0.3 is 0 Å². The zero-order valence-corrected chi connectivity index (χ0v) is 14.2. The number of nitrogens with zero attached hydrogens (tertiary/aromatic N) is 3. The van der Waals surface area contributed by atoms with Gasteiger partial charge in [-0.3, -0.25) is 0 Å². The second-order valence-corrected chi connectivity index (χ2v) is 5.64. The van der Waals surface area contributed by atoms with Crippen molar-refractivity contribution in [2.24, 2.45) is 5.10 Å². The fraction of sp³-hybridized carbons (Fsp3) is 0.0625. The number of nitrogens with one attached hydrogen (secondary N) is 1. The molecule has 0 unspecified atom stereocenters. The number of aromatic amines is 1. The topological polar surface area (TPSA) is 75.4 Å². The Morgan fingerprint density at radius 1 is 1.33 bits per heavy atom. The summed E-state index contributed by atoms with van der Waals surface area (Å²) in [5, 5.41) is 21.9. The molecule has 0 saturated heterocycles. The summed E-state index contributed by atoms with van der Waals surface area (Å²) in [6, 6.07) is 12.3. The molecule has 0 aliphatic heterocycles. The summed E-state index contributed by atoms with van der Waals surface area (Å²) in [5.74, 6) is 0.883. The Balaban J connectivity index is 2.03. The summed E-state index contributed by atoms with van der Waals surface area (Å²) in [6.45, 7) is 0. The molecule has 0 atom stereocenters. The van der Waals surface area contributed by atoms with Crippen molar-refractivity contribution in [1.82, 2.24) is 14.9 Å². The molecule has 2 aromatic carbocycles. The van der Waals surface area contributed by atoms with Crippen molar-refractivity contribution < 1.29 is 9.84 Å². The first-order valence-electron chi connectivity index (χ1n) is 6.94. The van der Waals surface area contributed by atoms with E-state index in [0.29, 0.717) is 26.9 Å². The molecule has 0 saturated carbocycles. The van der Waals surface area contributed by atoms with Crippen LogP contribution in [0, 0.1) is 4.77 Å². The predicted octanol–water partition coefficient (Wildman–Crippen LogP) is 3.86. The molecule has 24 heavy (non-hydrogen) atoms. The van der Waals surface area contributed by atoms with E-state index in [4.69, 9.17) is 28.6 Å². The second kappa shape index (κ2) is 6.86. The van der Waals surface area contributed by atoms with Gasteiger partial charge in [0.05, 0.1) is 13.3 Å². The maximum Gasteiger partial charge on any atom is 0.216 e. The van der Waals surface area contributed by atoms with Crippen LogP contribution in [-0.4, -0.2) is 33.3 Å². The fourth-order valence-electron chi connectivity index (χ4n) is 2.14. The Bertz CT molecular complexity index is 965. The number of phenolic OH excluding ortho intramolecular Hbond substituents is 1. The van der Waals surface area contributed by atoms with Crippen LogP contribution in [0.5, 0.6) is 11.5 Å². The molecule has 2 N–H and O–H groups in total. The van der Waals surface area contributed by atoms with Crippen LogP contribution in [0.3, 0.4) is 0 Å². The van der Waals surface area contributed by atoms with Crippen LogP contribution >= 0.6 is 23.8 Å². The molecule has 1 heterocycles. The van der Waals surface area contributed by atoms with E-state index < -0.39 is 0 Å². The molecule has 0 amide bonds. The molecule has 8 heteroatoms. The lowest BCUT2D eigenvalue weighted by Crippen LogP contribution is -1.96. The molecule has 3 aromatic rings. The summed E-state index contributed by atoms with van der Waals surface area (Å²) in [5.41, 5.74) is 1.26. The van der Waals surface area contributed by atoms with Gasteiger partial charge in [0.25, 0.3) is 0 Å². The van der Waals surface area contributed by atoms with E-state index in [1.807, 2.05) is 12.1 Å². The number of ether oxygens (including phenoxy) is 1. The normalized spacial score (nSPS) is 11.1. The lowest BCUT2D eigenvalue weighted by molar-refractivity contribution is 0.373. The number of aromatic nitrogens is 3. The zero-order chi connectivity index (χ0) is 17.1. The van der Waals surface area contributed by atoms with Crippen LogP contribution in [0.1, 0.15) is 5.56 Å². The van der Waals surface area contributed by atoms with E-state index in [-0.39, 0.29) is 5.75 Å². The lowest BCUT2D eigenvalue weighted by Gasteiger charge is -2.05. The Hall–Kier alpha value is -2.64. The van der Waals surface area contributed by atoms with Crippen molar-refractivity contribution in [2.45, 2.75) is 0 Å². The van der Waals surface area contributed by atoms with Crippen LogP contribution in [0.15, 0.2) is 47.6 Å². The van der Waals surface area contributed by atoms with Crippen molar-refractivity contribution in [3.63, 3.8) is 0 Å². The number of H-pyrrole nitrogens is 1. The maximum atomic E-state index is 10.1. The van der Waals surface area contributed by atoms with Gasteiger partial charge in [0, 0.05) is 16.1 Å². The predicted molar refractivity (Wildman–Crippen MR) is 95.5 cm³/mol. The number of aromatic hydroxyl groups is 1. The number of hydrogen-bond donors (Lipinski definition) is 2.